The van der Waals surface area contributed by atoms with Gasteiger partial charge in [-0.1, -0.05) is 18.3 Å². The van der Waals surface area contributed by atoms with Gasteiger partial charge < -0.3 is 10.1 Å². The standard InChI is InChI=1S/C13H18N4OS/c1-4-9-13(19-17-16-9)12(14-5-2)11-10(18-3)7-6-8-15-11/h6-8,12,14H,4-5H2,1-3H3. The summed E-state index contributed by atoms with van der Waals surface area (Å²) < 4.78 is 9.47. The molecule has 0 aliphatic heterocycles. The maximum absolute atomic E-state index is 5.41. The molecule has 2 aromatic rings. The molecule has 0 saturated heterocycles. The smallest absolute Gasteiger partial charge is 0.142 e. The van der Waals surface area contributed by atoms with Crippen LogP contribution in [0.5, 0.6) is 5.75 Å². The highest BCUT2D eigenvalue weighted by Gasteiger charge is 2.23. The first-order chi connectivity index (χ1) is 9.31. The highest BCUT2D eigenvalue weighted by Crippen LogP contribution is 2.31. The van der Waals surface area contributed by atoms with Gasteiger partial charge >= 0.3 is 0 Å². The molecule has 6 heteroatoms. The van der Waals surface area contributed by atoms with Crippen molar-refractivity contribution in [3.8, 4) is 5.75 Å². The van der Waals surface area contributed by atoms with Crippen LogP contribution < -0.4 is 10.1 Å². The lowest BCUT2D eigenvalue weighted by atomic mass is 10.1. The molecule has 2 aromatic heterocycles. The van der Waals surface area contributed by atoms with Crippen molar-refractivity contribution in [1.82, 2.24) is 19.9 Å². The molecule has 0 fully saturated rings. The Balaban J connectivity index is 2.45. The lowest BCUT2D eigenvalue weighted by Crippen LogP contribution is -2.23. The zero-order valence-electron chi connectivity index (χ0n) is 11.4. The van der Waals surface area contributed by atoms with Crippen LogP contribution in [0.25, 0.3) is 0 Å². The Kier molecular flexibility index (Phi) is 4.81. The molecule has 1 unspecified atom stereocenters. The Morgan fingerprint density at radius 3 is 2.95 bits per heavy atom. The minimum absolute atomic E-state index is 0.0175. The Morgan fingerprint density at radius 1 is 1.42 bits per heavy atom. The lowest BCUT2D eigenvalue weighted by molar-refractivity contribution is 0.400. The van der Waals surface area contributed by atoms with Gasteiger partial charge in [0.15, 0.2) is 0 Å². The van der Waals surface area contributed by atoms with E-state index in [0.29, 0.717) is 0 Å². The van der Waals surface area contributed by atoms with Crippen LogP contribution in [0.1, 0.15) is 36.2 Å². The van der Waals surface area contributed by atoms with Gasteiger partial charge in [0.1, 0.15) is 11.4 Å². The minimum Gasteiger partial charge on any atom is -0.495 e. The second-order valence-electron chi connectivity index (χ2n) is 4.02. The van der Waals surface area contributed by atoms with E-state index in [-0.39, 0.29) is 6.04 Å². The molecule has 0 bridgehead atoms. The van der Waals surface area contributed by atoms with Crippen molar-refractivity contribution >= 4 is 11.5 Å². The average Bonchev–Trinajstić information content (AvgIpc) is 2.93. The van der Waals surface area contributed by atoms with Gasteiger partial charge in [0.25, 0.3) is 0 Å². The molecule has 19 heavy (non-hydrogen) atoms. The number of ether oxygens (including phenoxy) is 1. The fourth-order valence-corrected chi connectivity index (χ4v) is 2.81. The van der Waals surface area contributed by atoms with Crippen LogP contribution in [0.4, 0.5) is 0 Å². The van der Waals surface area contributed by atoms with Crippen LogP contribution >= 0.6 is 11.5 Å². The number of pyridine rings is 1. The first kappa shape index (κ1) is 13.9. The minimum atomic E-state index is -0.0175. The first-order valence-corrected chi connectivity index (χ1v) is 7.12. The van der Waals surface area contributed by atoms with Crippen molar-refractivity contribution in [3.63, 3.8) is 0 Å². The predicted octanol–water partition coefficient (Wildman–Crippen LogP) is 2.20. The highest BCUT2D eigenvalue weighted by atomic mass is 32.1. The largest absolute Gasteiger partial charge is 0.495 e. The second kappa shape index (κ2) is 6.58. The summed E-state index contributed by atoms with van der Waals surface area (Å²) in [6.45, 7) is 4.99. The number of aryl methyl sites for hydroxylation is 1. The zero-order valence-corrected chi connectivity index (χ0v) is 12.2. The third kappa shape index (κ3) is 2.90. The van der Waals surface area contributed by atoms with Gasteiger partial charge in [-0.3, -0.25) is 4.98 Å². The Labute approximate surface area is 117 Å². The van der Waals surface area contributed by atoms with Crippen LogP contribution in [0.15, 0.2) is 18.3 Å². The van der Waals surface area contributed by atoms with Crippen LogP contribution in [0, 0.1) is 0 Å². The Bertz CT molecular complexity index is 529. The number of nitrogens with zero attached hydrogens (tertiary/aromatic N) is 3. The highest BCUT2D eigenvalue weighted by molar-refractivity contribution is 7.05. The quantitative estimate of drug-likeness (QED) is 0.878. The Hall–Kier alpha value is -1.53. The fraction of sp³-hybridized carbons (Fsp3) is 0.462. The van der Waals surface area contributed by atoms with Gasteiger partial charge in [-0.05, 0) is 36.6 Å². The van der Waals surface area contributed by atoms with Crippen LogP contribution in [0.2, 0.25) is 0 Å². The summed E-state index contributed by atoms with van der Waals surface area (Å²) in [7, 11) is 1.66. The first-order valence-electron chi connectivity index (χ1n) is 6.35. The molecular weight excluding hydrogens is 260 g/mol. The molecule has 2 rings (SSSR count). The number of hydrogen-bond donors (Lipinski definition) is 1. The van der Waals surface area contributed by atoms with Gasteiger partial charge in [0.05, 0.1) is 23.7 Å². The number of methoxy groups -OCH3 is 1. The number of hydrogen-bond acceptors (Lipinski definition) is 6. The van der Waals surface area contributed by atoms with Crippen molar-refractivity contribution in [3.05, 3.63) is 34.6 Å². The summed E-state index contributed by atoms with van der Waals surface area (Å²) in [6.07, 6.45) is 2.64. The van der Waals surface area contributed by atoms with Gasteiger partial charge in [-0.15, -0.1) is 5.10 Å². The van der Waals surface area contributed by atoms with Crippen LogP contribution in [-0.4, -0.2) is 28.2 Å². The molecule has 1 N–H and O–H groups in total. The van der Waals surface area contributed by atoms with E-state index in [1.54, 1.807) is 13.3 Å². The van der Waals surface area contributed by atoms with Crippen molar-refractivity contribution in [2.45, 2.75) is 26.3 Å². The van der Waals surface area contributed by atoms with E-state index >= 15 is 0 Å². The summed E-state index contributed by atoms with van der Waals surface area (Å²) in [5, 5.41) is 7.62. The number of nitrogens with one attached hydrogen (secondary N) is 1. The van der Waals surface area contributed by atoms with E-state index in [9.17, 15) is 0 Å². The SMILES string of the molecule is CCNC(c1ncccc1OC)c1snnc1CC. The molecule has 5 nitrogen and oxygen atoms in total. The Morgan fingerprint density at radius 2 is 2.26 bits per heavy atom. The molecule has 0 spiro atoms. The summed E-state index contributed by atoms with van der Waals surface area (Å²) in [6, 6.07) is 3.78. The van der Waals surface area contributed by atoms with E-state index in [4.69, 9.17) is 4.74 Å². The summed E-state index contributed by atoms with van der Waals surface area (Å²) in [5.41, 5.74) is 1.90. The van der Waals surface area contributed by atoms with Crippen molar-refractivity contribution < 1.29 is 4.74 Å². The molecule has 0 aliphatic carbocycles. The average molecular weight is 278 g/mol. The van der Waals surface area contributed by atoms with E-state index in [1.165, 1.54) is 11.5 Å². The molecule has 0 aliphatic rings. The molecule has 0 radical (unpaired) electrons. The summed E-state index contributed by atoms with van der Waals surface area (Å²) in [5.74, 6) is 0.781. The van der Waals surface area contributed by atoms with Gasteiger partial charge in [0.2, 0.25) is 0 Å². The van der Waals surface area contributed by atoms with Crippen LogP contribution in [0.3, 0.4) is 0 Å². The number of aromatic nitrogens is 3. The molecule has 0 aromatic carbocycles. The van der Waals surface area contributed by atoms with Gasteiger partial charge in [-0.2, -0.15) is 0 Å². The number of rotatable bonds is 6. The van der Waals surface area contributed by atoms with Crippen molar-refractivity contribution in [2.75, 3.05) is 13.7 Å². The zero-order chi connectivity index (χ0) is 13.7. The third-order valence-corrected chi connectivity index (χ3v) is 3.71. The van der Waals surface area contributed by atoms with Gasteiger partial charge in [-0.25, -0.2) is 0 Å². The molecule has 0 saturated carbocycles. The topological polar surface area (TPSA) is 59.9 Å². The summed E-state index contributed by atoms with van der Waals surface area (Å²) >= 11 is 1.42. The fourth-order valence-electron chi connectivity index (χ4n) is 1.99. The summed E-state index contributed by atoms with van der Waals surface area (Å²) in [4.78, 5) is 5.58. The van der Waals surface area contributed by atoms with Gasteiger partial charge in [0, 0.05) is 6.20 Å². The van der Waals surface area contributed by atoms with Crippen LogP contribution in [-0.2, 0) is 6.42 Å². The van der Waals surface area contributed by atoms with Crippen molar-refractivity contribution in [1.29, 1.82) is 0 Å². The lowest BCUT2D eigenvalue weighted by Gasteiger charge is -2.18. The molecule has 2 heterocycles. The molecule has 0 amide bonds. The molecule has 102 valence electrons. The van der Waals surface area contributed by atoms with Crippen molar-refractivity contribution in [2.24, 2.45) is 0 Å². The monoisotopic (exact) mass is 278 g/mol. The third-order valence-electron chi connectivity index (χ3n) is 2.88. The van der Waals surface area contributed by atoms with E-state index in [2.05, 4.69) is 33.7 Å². The predicted molar refractivity (Wildman–Crippen MR) is 75.6 cm³/mol. The van der Waals surface area contributed by atoms with E-state index in [1.807, 2.05) is 12.1 Å². The normalized spacial score (nSPS) is 12.4. The maximum atomic E-state index is 5.41. The maximum Gasteiger partial charge on any atom is 0.142 e. The second-order valence-corrected chi connectivity index (χ2v) is 4.80. The van der Waals surface area contributed by atoms with E-state index in [0.717, 1.165) is 35.0 Å². The van der Waals surface area contributed by atoms with E-state index < -0.39 is 0 Å². The molecular formula is C13H18N4OS. The molecule has 1 atom stereocenters.